The molecular formula is C3H3FO5S. The van der Waals surface area contributed by atoms with Crippen LogP contribution in [0.25, 0.3) is 0 Å². The molecule has 1 aliphatic rings. The number of hydrogen-bond acceptors (Lipinski definition) is 5. The molecule has 1 rings (SSSR count). The highest BCUT2D eigenvalue weighted by Gasteiger charge is 2.36. The van der Waals surface area contributed by atoms with Crippen LogP contribution >= 0.6 is 0 Å². The molecule has 0 radical (unpaired) electrons. The van der Waals surface area contributed by atoms with Crippen LogP contribution in [-0.4, -0.2) is 26.6 Å². The van der Waals surface area contributed by atoms with Gasteiger partial charge in [-0.1, -0.05) is 0 Å². The van der Waals surface area contributed by atoms with Crippen molar-refractivity contribution >= 4 is 16.4 Å². The highest BCUT2D eigenvalue weighted by Crippen LogP contribution is 2.13. The highest BCUT2D eigenvalue weighted by atomic mass is 32.3. The first kappa shape index (κ1) is 7.26. The van der Waals surface area contributed by atoms with Crippen molar-refractivity contribution < 1.29 is 26.6 Å². The lowest BCUT2D eigenvalue weighted by Crippen LogP contribution is -2.18. The van der Waals surface area contributed by atoms with E-state index in [4.69, 9.17) is 0 Å². The molecule has 0 aromatic carbocycles. The van der Waals surface area contributed by atoms with Crippen molar-refractivity contribution in [3.05, 3.63) is 0 Å². The summed E-state index contributed by atoms with van der Waals surface area (Å²) in [5.41, 5.74) is -1.78. The molecule has 1 unspecified atom stereocenters. The lowest BCUT2D eigenvalue weighted by Gasteiger charge is -1.96. The van der Waals surface area contributed by atoms with E-state index in [1.807, 2.05) is 0 Å². The zero-order chi connectivity index (χ0) is 7.78. The minimum Gasteiger partial charge on any atom is -0.429 e. The van der Waals surface area contributed by atoms with E-state index in [0.717, 1.165) is 0 Å². The van der Waals surface area contributed by atoms with Crippen molar-refractivity contribution in [1.82, 2.24) is 0 Å². The number of cyclic esters (lactones) is 2. The van der Waals surface area contributed by atoms with E-state index in [2.05, 4.69) is 9.47 Å². The Morgan fingerprint density at radius 3 is 2.40 bits per heavy atom. The van der Waals surface area contributed by atoms with Crippen LogP contribution in [0.1, 0.15) is 0 Å². The molecule has 0 amide bonds. The predicted molar refractivity (Wildman–Crippen MR) is 26.2 cm³/mol. The summed E-state index contributed by atoms with van der Waals surface area (Å²) in [6.45, 7) is -0.572. The number of carbonyl (C=O) groups excluding carboxylic acids is 1. The molecule has 1 aliphatic heterocycles. The monoisotopic (exact) mass is 170 g/mol. The molecule has 0 spiro atoms. The fourth-order valence-electron chi connectivity index (χ4n) is 0.450. The first-order valence-corrected chi connectivity index (χ1v) is 3.72. The average molecular weight is 170 g/mol. The van der Waals surface area contributed by atoms with Gasteiger partial charge in [-0.25, -0.2) is 4.79 Å². The molecule has 0 saturated carbocycles. The van der Waals surface area contributed by atoms with Crippen LogP contribution in [0.4, 0.5) is 8.68 Å². The maximum atomic E-state index is 11.9. The van der Waals surface area contributed by atoms with Crippen molar-refractivity contribution in [3.8, 4) is 0 Å². The zero-order valence-electron chi connectivity index (χ0n) is 4.61. The van der Waals surface area contributed by atoms with Crippen LogP contribution in [0.2, 0.25) is 0 Å². The van der Waals surface area contributed by atoms with Crippen molar-refractivity contribution in [2.45, 2.75) is 5.44 Å². The standard InChI is InChI=1S/C3H3FO5S/c4-10(6,7)2-1-8-3(5)9-2/h2H,1H2. The van der Waals surface area contributed by atoms with Gasteiger partial charge in [-0.3, -0.25) is 0 Å². The summed E-state index contributed by atoms with van der Waals surface area (Å²) in [6.07, 6.45) is -1.16. The summed E-state index contributed by atoms with van der Waals surface area (Å²) in [5, 5.41) is 0. The fraction of sp³-hybridized carbons (Fsp3) is 0.667. The number of carbonyl (C=O) groups is 1. The molecule has 0 N–H and O–H groups in total. The lowest BCUT2D eigenvalue weighted by molar-refractivity contribution is 0.127. The SMILES string of the molecule is O=C1OCC(S(=O)(=O)F)O1. The Hall–Kier alpha value is -0.850. The maximum absolute atomic E-state index is 11.9. The van der Waals surface area contributed by atoms with Gasteiger partial charge >= 0.3 is 16.4 Å². The van der Waals surface area contributed by atoms with E-state index in [9.17, 15) is 17.1 Å². The number of hydrogen-bond donors (Lipinski definition) is 0. The van der Waals surface area contributed by atoms with E-state index in [1.54, 1.807) is 0 Å². The predicted octanol–water partition coefficient (Wildman–Crippen LogP) is -0.221. The lowest BCUT2D eigenvalue weighted by atomic mass is 10.8. The van der Waals surface area contributed by atoms with Crippen molar-refractivity contribution in [2.75, 3.05) is 6.61 Å². The second-order valence-electron chi connectivity index (χ2n) is 1.58. The van der Waals surface area contributed by atoms with Gasteiger partial charge in [0.15, 0.2) is 0 Å². The van der Waals surface area contributed by atoms with E-state index in [-0.39, 0.29) is 0 Å². The molecule has 7 heteroatoms. The maximum Gasteiger partial charge on any atom is 0.509 e. The van der Waals surface area contributed by atoms with Crippen molar-refractivity contribution in [3.63, 3.8) is 0 Å². The molecule has 0 aromatic heterocycles. The molecule has 58 valence electrons. The second-order valence-corrected chi connectivity index (χ2v) is 3.06. The third kappa shape index (κ3) is 1.35. The summed E-state index contributed by atoms with van der Waals surface area (Å²) < 4.78 is 39.7. The van der Waals surface area contributed by atoms with E-state index < -0.39 is 28.4 Å². The number of halogens is 1. The van der Waals surface area contributed by atoms with Crippen LogP contribution in [0.5, 0.6) is 0 Å². The van der Waals surface area contributed by atoms with Gasteiger partial charge in [-0.15, -0.1) is 3.89 Å². The Morgan fingerprint density at radius 2 is 2.20 bits per heavy atom. The van der Waals surface area contributed by atoms with Gasteiger partial charge in [0.05, 0.1) is 0 Å². The smallest absolute Gasteiger partial charge is 0.429 e. The summed E-state index contributed by atoms with van der Waals surface area (Å²) in [4.78, 5) is 10.0. The second kappa shape index (κ2) is 2.08. The topological polar surface area (TPSA) is 69.7 Å². The van der Waals surface area contributed by atoms with Crippen LogP contribution in [0.3, 0.4) is 0 Å². The minimum atomic E-state index is -4.80. The van der Waals surface area contributed by atoms with Crippen LogP contribution in [0, 0.1) is 0 Å². The molecule has 1 fully saturated rings. The molecule has 0 aliphatic carbocycles. The molecule has 1 heterocycles. The normalized spacial score (nSPS) is 25.7. The largest absolute Gasteiger partial charge is 0.509 e. The first-order valence-electron chi connectivity index (χ1n) is 2.27. The number of rotatable bonds is 1. The summed E-state index contributed by atoms with van der Waals surface area (Å²) >= 11 is 0. The van der Waals surface area contributed by atoms with Gasteiger partial charge in [0.25, 0.3) is 5.44 Å². The quantitative estimate of drug-likeness (QED) is 0.402. The van der Waals surface area contributed by atoms with Gasteiger partial charge in [-0.2, -0.15) is 8.42 Å². The van der Waals surface area contributed by atoms with E-state index >= 15 is 0 Å². The van der Waals surface area contributed by atoms with Gasteiger partial charge in [0, 0.05) is 0 Å². The highest BCUT2D eigenvalue weighted by molar-refractivity contribution is 7.86. The van der Waals surface area contributed by atoms with E-state index in [0.29, 0.717) is 0 Å². The first-order chi connectivity index (χ1) is 4.50. The molecule has 1 atom stereocenters. The molecular weight excluding hydrogens is 167 g/mol. The Labute approximate surface area is 55.9 Å². The molecule has 1 saturated heterocycles. The van der Waals surface area contributed by atoms with Gasteiger partial charge < -0.3 is 9.47 Å². The van der Waals surface area contributed by atoms with Crippen molar-refractivity contribution in [2.24, 2.45) is 0 Å². The van der Waals surface area contributed by atoms with Crippen molar-refractivity contribution in [1.29, 1.82) is 0 Å². The van der Waals surface area contributed by atoms with Crippen LogP contribution in [-0.2, 0) is 19.7 Å². The third-order valence-corrected chi connectivity index (χ3v) is 1.74. The van der Waals surface area contributed by atoms with Gasteiger partial charge in [0.2, 0.25) is 0 Å². The van der Waals surface area contributed by atoms with E-state index in [1.165, 1.54) is 0 Å². The van der Waals surface area contributed by atoms with Crippen LogP contribution in [0.15, 0.2) is 0 Å². The minimum absolute atomic E-state index is 0.572. The summed E-state index contributed by atoms with van der Waals surface area (Å²) in [6, 6.07) is 0. The molecule has 0 bridgehead atoms. The van der Waals surface area contributed by atoms with Gasteiger partial charge in [0.1, 0.15) is 6.61 Å². The Bertz CT molecular complexity index is 244. The average Bonchev–Trinajstić information content (AvgIpc) is 2.11. The van der Waals surface area contributed by atoms with Crippen LogP contribution < -0.4 is 0 Å². The zero-order valence-corrected chi connectivity index (χ0v) is 5.43. The van der Waals surface area contributed by atoms with Gasteiger partial charge in [-0.05, 0) is 0 Å². The fourth-order valence-corrected chi connectivity index (χ4v) is 0.874. The third-order valence-electron chi connectivity index (χ3n) is 0.879. The summed E-state index contributed by atoms with van der Waals surface area (Å²) in [5.74, 6) is 0. The number of ether oxygens (including phenoxy) is 2. The molecule has 0 aromatic rings. The Balaban J connectivity index is 2.71. The molecule has 10 heavy (non-hydrogen) atoms. The molecule has 5 nitrogen and oxygen atoms in total. The summed E-state index contributed by atoms with van der Waals surface area (Å²) in [7, 11) is -4.80. The Kier molecular flexibility index (Phi) is 1.51. The Morgan fingerprint density at radius 1 is 1.60 bits per heavy atom.